The van der Waals surface area contributed by atoms with Gasteiger partial charge in [0.2, 0.25) is 0 Å². The minimum atomic E-state index is -0.616. The zero-order valence-corrected chi connectivity index (χ0v) is 19.0. The van der Waals surface area contributed by atoms with E-state index < -0.39 is 10.8 Å². The van der Waals surface area contributed by atoms with E-state index in [-0.39, 0.29) is 28.6 Å². The van der Waals surface area contributed by atoms with Gasteiger partial charge in [-0.05, 0) is 47.5 Å². The normalized spacial score (nSPS) is 11.4. The van der Waals surface area contributed by atoms with E-state index in [1.807, 2.05) is 41.1 Å². The number of aromatic nitrogens is 1. The molecule has 0 saturated heterocycles. The van der Waals surface area contributed by atoms with Gasteiger partial charge in [0.25, 0.3) is 5.69 Å². The van der Waals surface area contributed by atoms with Gasteiger partial charge in [0, 0.05) is 35.1 Å². The van der Waals surface area contributed by atoms with Gasteiger partial charge < -0.3 is 13.7 Å². The quantitative estimate of drug-likeness (QED) is 0.192. The molecule has 2 aromatic heterocycles. The zero-order valence-electron chi connectivity index (χ0n) is 19.0. The lowest BCUT2D eigenvalue weighted by Gasteiger charge is -2.06. The molecule has 0 radical (unpaired) electrons. The van der Waals surface area contributed by atoms with E-state index in [2.05, 4.69) is 10.5 Å². The summed E-state index contributed by atoms with van der Waals surface area (Å²) in [6.07, 6.45) is 3.42. The number of hydrogen-bond acceptors (Lipinski definition) is 6. The van der Waals surface area contributed by atoms with Crippen molar-refractivity contribution in [1.82, 2.24) is 9.99 Å². The Bertz CT molecular complexity index is 1650. The maximum atomic E-state index is 13.5. The van der Waals surface area contributed by atoms with Gasteiger partial charge in [0.05, 0.1) is 24.3 Å². The molecule has 36 heavy (non-hydrogen) atoms. The fourth-order valence-electron chi connectivity index (χ4n) is 3.96. The molecule has 10 heteroatoms. The van der Waals surface area contributed by atoms with E-state index in [9.17, 15) is 19.3 Å². The second-order valence-electron chi connectivity index (χ2n) is 8.03. The Morgan fingerprint density at radius 3 is 2.81 bits per heavy atom. The summed E-state index contributed by atoms with van der Waals surface area (Å²) < 4.78 is 26.2. The third-order valence-electron chi connectivity index (χ3n) is 5.64. The number of amides is 1. The van der Waals surface area contributed by atoms with Crippen molar-refractivity contribution < 1.29 is 23.3 Å². The van der Waals surface area contributed by atoms with Crippen LogP contribution < -0.4 is 10.2 Å². The molecule has 0 atom stereocenters. The molecule has 0 aliphatic carbocycles. The lowest BCUT2D eigenvalue weighted by Crippen LogP contribution is -2.16. The molecule has 0 unspecified atom stereocenters. The van der Waals surface area contributed by atoms with E-state index >= 15 is 0 Å². The number of carbonyl (C=O) groups excluding carboxylic acids is 1. The van der Waals surface area contributed by atoms with E-state index in [0.717, 1.165) is 22.0 Å². The van der Waals surface area contributed by atoms with Crippen molar-refractivity contribution in [2.45, 2.75) is 6.54 Å². The number of nitrogens with zero attached hydrogens (tertiary/aromatic N) is 3. The Balaban J connectivity index is 1.30. The Labute approximate surface area is 203 Å². The van der Waals surface area contributed by atoms with E-state index in [1.165, 1.54) is 43.7 Å². The number of nitro groups is 1. The Hall–Kier alpha value is -4.99. The van der Waals surface area contributed by atoms with Crippen LogP contribution in [0.2, 0.25) is 0 Å². The van der Waals surface area contributed by atoms with Crippen LogP contribution in [0.3, 0.4) is 0 Å². The number of nitro benzene ring substituents is 1. The molecule has 2 heterocycles. The summed E-state index contributed by atoms with van der Waals surface area (Å²) in [5, 5.41) is 16.4. The summed E-state index contributed by atoms with van der Waals surface area (Å²) in [7, 11) is 1.36. The monoisotopic (exact) mass is 486 g/mol. The van der Waals surface area contributed by atoms with Crippen LogP contribution in [-0.2, 0) is 6.54 Å². The number of methoxy groups -OCH3 is 1. The highest BCUT2D eigenvalue weighted by Crippen LogP contribution is 2.33. The van der Waals surface area contributed by atoms with Crippen molar-refractivity contribution in [3.8, 4) is 5.75 Å². The van der Waals surface area contributed by atoms with Crippen molar-refractivity contribution in [2.24, 2.45) is 5.10 Å². The Morgan fingerprint density at radius 1 is 1.17 bits per heavy atom. The summed E-state index contributed by atoms with van der Waals surface area (Å²) in [6.45, 7) is 0.538. The summed E-state index contributed by atoms with van der Waals surface area (Å²) in [6, 6.07) is 18.1. The molecule has 3 aromatic carbocycles. The topological polar surface area (TPSA) is 112 Å². The highest BCUT2D eigenvalue weighted by molar-refractivity contribution is 5.98. The van der Waals surface area contributed by atoms with Crippen molar-refractivity contribution >= 4 is 39.7 Å². The predicted octanol–water partition coefficient (Wildman–Crippen LogP) is 5.26. The van der Waals surface area contributed by atoms with E-state index in [1.54, 1.807) is 6.07 Å². The first-order valence-electron chi connectivity index (χ1n) is 10.8. The number of fused-ring (bicyclic) bond motifs is 2. The van der Waals surface area contributed by atoms with Gasteiger partial charge in [0.15, 0.2) is 17.1 Å². The SMILES string of the molecule is COc1cc([N+](=O)[O-])cc2cc(C(=O)N/N=C/c3ccc4c(ccn4Cc4cccc(F)c4)c3)oc12. The lowest BCUT2D eigenvalue weighted by atomic mass is 10.1. The van der Waals surface area contributed by atoms with E-state index in [0.29, 0.717) is 11.9 Å². The third-order valence-corrected chi connectivity index (χ3v) is 5.64. The number of halogens is 1. The zero-order chi connectivity index (χ0) is 25.2. The summed E-state index contributed by atoms with van der Waals surface area (Å²) in [5.41, 5.74) is 5.04. The lowest BCUT2D eigenvalue weighted by molar-refractivity contribution is -0.384. The number of carbonyl (C=O) groups is 1. The molecule has 0 bridgehead atoms. The molecule has 0 spiro atoms. The number of rotatable bonds is 7. The van der Waals surface area contributed by atoms with Crippen LogP contribution in [-0.4, -0.2) is 28.7 Å². The van der Waals surface area contributed by atoms with Crippen molar-refractivity contribution in [3.05, 3.63) is 106 Å². The number of nitrogens with one attached hydrogen (secondary N) is 1. The van der Waals surface area contributed by atoms with Crippen LogP contribution in [0.25, 0.3) is 21.9 Å². The smallest absolute Gasteiger partial charge is 0.307 e. The standard InChI is InChI=1S/C26H19FN4O5/c1-35-23-13-21(31(33)34)11-19-12-24(36-25(19)23)26(32)29-28-14-16-5-6-22-18(9-16)7-8-30(22)15-17-3-2-4-20(27)10-17/h2-14H,15H2,1H3,(H,29,32)/b28-14+. The van der Waals surface area contributed by atoms with Crippen LogP contribution >= 0.6 is 0 Å². The molecule has 1 amide bonds. The number of hydrogen-bond donors (Lipinski definition) is 1. The first kappa shape index (κ1) is 22.8. The summed E-state index contributed by atoms with van der Waals surface area (Å²) in [5.74, 6) is -0.799. The molecule has 0 aliphatic heterocycles. The predicted molar refractivity (Wildman–Crippen MR) is 132 cm³/mol. The number of furan rings is 1. The van der Waals surface area contributed by atoms with Crippen LogP contribution in [0.15, 0.2) is 82.4 Å². The second kappa shape index (κ2) is 9.34. The van der Waals surface area contributed by atoms with Crippen LogP contribution in [0, 0.1) is 15.9 Å². The van der Waals surface area contributed by atoms with Gasteiger partial charge in [-0.1, -0.05) is 18.2 Å². The second-order valence-corrected chi connectivity index (χ2v) is 8.03. The number of ether oxygens (including phenoxy) is 1. The molecule has 180 valence electrons. The fourth-order valence-corrected chi connectivity index (χ4v) is 3.96. The molecule has 1 N–H and O–H groups in total. The highest BCUT2D eigenvalue weighted by Gasteiger charge is 2.19. The van der Waals surface area contributed by atoms with Crippen LogP contribution in [0.1, 0.15) is 21.7 Å². The van der Waals surface area contributed by atoms with Gasteiger partial charge in [-0.25, -0.2) is 9.82 Å². The maximum Gasteiger partial charge on any atom is 0.307 e. The fraction of sp³-hybridized carbons (Fsp3) is 0.0769. The van der Waals surface area contributed by atoms with Crippen molar-refractivity contribution in [3.63, 3.8) is 0 Å². The van der Waals surface area contributed by atoms with Gasteiger partial charge in [-0.15, -0.1) is 0 Å². The molecule has 0 fully saturated rings. The number of hydrazone groups is 1. The minimum Gasteiger partial charge on any atom is -0.493 e. The number of non-ortho nitro benzene ring substituents is 1. The Kier molecular flexibility index (Phi) is 5.91. The van der Waals surface area contributed by atoms with E-state index in [4.69, 9.17) is 9.15 Å². The average molecular weight is 486 g/mol. The van der Waals surface area contributed by atoms with Crippen molar-refractivity contribution in [2.75, 3.05) is 7.11 Å². The molecule has 0 saturated carbocycles. The molecule has 0 aliphatic rings. The van der Waals surface area contributed by atoms with Gasteiger partial charge in [-0.3, -0.25) is 14.9 Å². The Morgan fingerprint density at radius 2 is 2.03 bits per heavy atom. The molecule has 5 rings (SSSR count). The minimum absolute atomic E-state index is 0.0641. The first-order chi connectivity index (χ1) is 17.4. The van der Waals surface area contributed by atoms with Gasteiger partial charge >= 0.3 is 5.91 Å². The average Bonchev–Trinajstić information content (AvgIpc) is 3.47. The van der Waals surface area contributed by atoms with Crippen molar-refractivity contribution in [1.29, 1.82) is 0 Å². The summed E-state index contributed by atoms with van der Waals surface area (Å²) in [4.78, 5) is 23.1. The molecular formula is C26H19FN4O5. The first-order valence-corrected chi connectivity index (χ1v) is 10.8. The van der Waals surface area contributed by atoms with Gasteiger partial charge in [-0.2, -0.15) is 5.10 Å². The molecule has 5 aromatic rings. The maximum absolute atomic E-state index is 13.5. The molecule has 9 nitrogen and oxygen atoms in total. The largest absolute Gasteiger partial charge is 0.493 e. The molecular weight excluding hydrogens is 467 g/mol. The summed E-state index contributed by atoms with van der Waals surface area (Å²) >= 11 is 0. The van der Waals surface area contributed by atoms with Crippen LogP contribution in [0.5, 0.6) is 5.75 Å². The third kappa shape index (κ3) is 4.51. The van der Waals surface area contributed by atoms with Gasteiger partial charge in [0.1, 0.15) is 5.82 Å². The highest BCUT2D eigenvalue weighted by atomic mass is 19.1. The number of benzene rings is 3. The van der Waals surface area contributed by atoms with Crippen LogP contribution in [0.4, 0.5) is 10.1 Å².